The summed E-state index contributed by atoms with van der Waals surface area (Å²) in [6, 6.07) is 6.80. The summed E-state index contributed by atoms with van der Waals surface area (Å²) < 4.78 is 0. The van der Waals surface area contributed by atoms with Crippen molar-refractivity contribution in [2.75, 3.05) is 23.7 Å². The molecule has 0 unspecified atom stereocenters. The van der Waals surface area contributed by atoms with Crippen LogP contribution in [0.2, 0.25) is 10.0 Å². The zero-order valence-corrected chi connectivity index (χ0v) is 18.0. The third-order valence-corrected chi connectivity index (χ3v) is 5.25. The normalized spacial score (nSPS) is 13.0. The summed E-state index contributed by atoms with van der Waals surface area (Å²) in [5, 5.41) is 7.08. The van der Waals surface area contributed by atoms with Gasteiger partial charge in [-0.1, -0.05) is 50.9 Å². The lowest BCUT2D eigenvalue weighted by atomic mass is 9.82. The van der Waals surface area contributed by atoms with E-state index >= 15 is 0 Å². The molecule has 28 heavy (non-hydrogen) atoms. The summed E-state index contributed by atoms with van der Waals surface area (Å²) in [5.74, 6) is 0.205. The third kappa shape index (κ3) is 3.76. The van der Waals surface area contributed by atoms with Crippen molar-refractivity contribution in [3.63, 3.8) is 0 Å². The van der Waals surface area contributed by atoms with E-state index in [1.165, 1.54) is 0 Å². The molecule has 0 fully saturated rings. The van der Waals surface area contributed by atoms with Crippen LogP contribution in [-0.2, 0) is 0 Å². The van der Waals surface area contributed by atoms with Gasteiger partial charge in [0.1, 0.15) is 0 Å². The maximum absolute atomic E-state index is 13.4. The molecule has 148 valence electrons. The summed E-state index contributed by atoms with van der Waals surface area (Å²) in [6.07, 6.45) is 0. The van der Waals surface area contributed by atoms with Gasteiger partial charge in [-0.05, 0) is 36.1 Å². The first-order chi connectivity index (χ1) is 13.2. The van der Waals surface area contributed by atoms with Gasteiger partial charge < -0.3 is 10.6 Å². The number of anilines is 2. The minimum absolute atomic E-state index is 0.181. The molecule has 4 nitrogen and oxygen atoms in total. The Bertz CT molecular complexity index is 876. The molecule has 0 atom stereocenters. The van der Waals surface area contributed by atoms with Crippen LogP contribution in [0.25, 0.3) is 0 Å². The second-order valence-corrected chi connectivity index (χ2v) is 8.71. The van der Waals surface area contributed by atoms with E-state index in [4.69, 9.17) is 23.2 Å². The van der Waals surface area contributed by atoms with Gasteiger partial charge in [-0.25, -0.2) is 0 Å². The van der Waals surface area contributed by atoms with Gasteiger partial charge in [0.25, 0.3) is 0 Å². The number of carbonyl (C=O) groups is 2. The first kappa shape index (κ1) is 20.7. The lowest BCUT2D eigenvalue weighted by molar-refractivity contribution is 0.0980. The van der Waals surface area contributed by atoms with Crippen molar-refractivity contribution in [1.82, 2.24) is 0 Å². The van der Waals surface area contributed by atoms with Crippen LogP contribution in [0.4, 0.5) is 11.4 Å². The highest BCUT2D eigenvalue weighted by atomic mass is 35.5. The molecule has 1 aliphatic rings. The molecule has 3 rings (SSSR count). The van der Waals surface area contributed by atoms with Gasteiger partial charge in [0.2, 0.25) is 0 Å². The molecule has 0 saturated heterocycles. The van der Waals surface area contributed by atoms with Gasteiger partial charge in [0.05, 0.1) is 32.3 Å². The van der Waals surface area contributed by atoms with Gasteiger partial charge in [-0.3, -0.25) is 9.59 Å². The van der Waals surface area contributed by atoms with Crippen LogP contribution in [0, 0.1) is 11.8 Å². The van der Waals surface area contributed by atoms with E-state index < -0.39 is 0 Å². The Labute approximate surface area is 175 Å². The Morgan fingerprint density at radius 1 is 0.679 bits per heavy atom. The van der Waals surface area contributed by atoms with E-state index in [-0.39, 0.29) is 32.7 Å². The van der Waals surface area contributed by atoms with Crippen molar-refractivity contribution in [3.8, 4) is 0 Å². The second-order valence-electron chi connectivity index (χ2n) is 7.90. The minimum Gasteiger partial charge on any atom is -0.384 e. The molecule has 0 amide bonds. The molecule has 0 spiro atoms. The Hall–Kier alpha value is -2.04. The average Bonchev–Trinajstić information content (AvgIpc) is 2.64. The molecule has 0 aromatic heterocycles. The van der Waals surface area contributed by atoms with Crippen LogP contribution in [0.5, 0.6) is 0 Å². The number of halogens is 2. The second kappa shape index (κ2) is 8.14. The summed E-state index contributed by atoms with van der Waals surface area (Å²) in [5.41, 5.74) is 2.35. The molecule has 0 radical (unpaired) electrons. The number of fused-ring (bicyclic) bond motifs is 2. The third-order valence-electron chi connectivity index (χ3n) is 4.62. The van der Waals surface area contributed by atoms with Crippen LogP contribution in [0.1, 0.15) is 59.5 Å². The topological polar surface area (TPSA) is 58.2 Å². The highest BCUT2D eigenvalue weighted by Gasteiger charge is 2.37. The van der Waals surface area contributed by atoms with Crippen molar-refractivity contribution < 1.29 is 9.59 Å². The number of rotatable bonds is 6. The zero-order chi connectivity index (χ0) is 20.6. The maximum Gasteiger partial charge on any atom is 0.198 e. The smallest absolute Gasteiger partial charge is 0.198 e. The SMILES string of the molecule is CC(C)CNc1ccc(NCC(C)C)c2c1C(=O)c1c(Cl)ccc(Cl)c1C2=O. The highest BCUT2D eigenvalue weighted by molar-refractivity contribution is 6.44. The van der Waals surface area contributed by atoms with E-state index in [2.05, 4.69) is 38.3 Å². The lowest BCUT2D eigenvalue weighted by Gasteiger charge is -2.25. The quantitative estimate of drug-likeness (QED) is 0.522. The van der Waals surface area contributed by atoms with Crippen molar-refractivity contribution in [2.24, 2.45) is 11.8 Å². The Balaban J connectivity index is 2.22. The van der Waals surface area contributed by atoms with Crippen molar-refractivity contribution in [3.05, 3.63) is 56.6 Å². The Kier molecular flexibility index (Phi) is 6.01. The van der Waals surface area contributed by atoms with Gasteiger partial charge in [-0.15, -0.1) is 0 Å². The van der Waals surface area contributed by atoms with Crippen molar-refractivity contribution in [1.29, 1.82) is 0 Å². The largest absolute Gasteiger partial charge is 0.384 e. The number of carbonyl (C=O) groups excluding carboxylic acids is 2. The molecular weight excluding hydrogens is 395 g/mol. The fourth-order valence-electron chi connectivity index (χ4n) is 3.24. The van der Waals surface area contributed by atoms with Crippen LogP contribution >= 0.6 is 23.2 Å². The number of benzene rings is 2. The van der Waals surface area contributed by atoms with Crippen LogP contribution < -0.4 is 10.6 Å². The van der Waals surface area contributed by atoms with E-state index in [9.17, 15) is 9.59 Å². The average molecular weight is 419 g/mol. The number of ketones is 2. The van der Waals surface area contributed by atoms with Gasteiger partial charge >= 0.3 is 0 Å². The molecule has 0 bridgehead atoms. The maximum atomic E-state index is 13.4. The fourth-order valence-corrected chi connectivity index (χ4v) is 3.73. The molecule has 6 heteroatoms. The first-order valence-corrected chi connectivity index (χ1v) is 10.2. The summed E-state index contributed by atoms with van der Waals surface area (Å²) in [6.45, 7) is 9.69. The predicted octanol–water partition coefficient (Wildman–Crippen LogP) is 5.90. The van der Waals surface area contributed by atoms with Gasteiger partial charge in [0, 0.05) is 24.5 Å². The lowest BCUT2D eigenvalue weighted by Crippen LogP contribution is -2.26. The number of hydrogen-bond donors (Lipinski definition) is 2. The minimum atomic E-state index is -0.281. The monoisotopic (exact) mass is 418 g/mol. The van der Waals surface area contributed by atoms with Gasteiger partial charge in [-0.2, -0.15) is 0 Å². The zero-order valence-electron chi connectivity index (χ0n) is 16.5. The summed E-state index contributed by atoms with van der Waals surface area (Å²) >= 11 is 12.6. The van der Waals surface area contributed by atoms with Crippen molar-refractivity contribution >= 4 is 46.1 Å². The standard InChI is InChI=1S/C22H24Cl2N2O2/c1-11(2)9-25-15-7-8-16(26-10-12(3)4)20-19(15)21(27)17-13(23)5-6-14(24)18(17)22(20)28/h5-8,11-12,25-26H,9-10H2,1-4H3. The number of nitrogens with one attached hydrogen (secondary N) is 2. The molecule has 2 aromatic carbocycles. The molecular formula is C22H24Cl2N2O2. The molecule has 0 saturated carbocycles. The molecule has 0 aliphatic heterocycles. The summed E-state index contributed by atoms with van der Waals surface area (Å²) in [7, 11) is 0. The number of hydrogen-bond acceptors (Lipinski definition) is 4. The van der Waals surface area contributed by atoms with E-state index in [0.29, 0.717) is 47.4 Å². The first-order valence-electron chi connectivity index (χ1n) is 9.44. The van der Waals surface area contributed by atoms with E-state index in [1.54, 1.807) is 12.1 Å². The Morgan fingerprint density at radius 2 is 1.04 bits per heavy atom. The molecule has 2 aromatic rings. The fraction of sp³-hybridized carbons (Fsp3) is 0.364. The molecule has 0 heterocycles. The Morgan fingerprint density at radius 3 is 1.36 bits per heavy atom. The van der Waals surface area contributed by atoms with E-state index in [0.717, 1.165) is 0 Å². The van der Waals surface area contributed by atoms with E-state index in [1.807, 2.05) is 12.1 Å². The van der Waals surface area contributed by atoms with Crippen LogP contribution in [0.15, 0.2) is 24.3 Å². The predicted molar refractivity (Wildman–Crippen MR) is 116 cm³/mol. The summed E-state index contributed by atoms with van der Waals surface area (Å²) in [4.78, 5) is 26.8. The molecule has 2 N–H and O–H groups in total. The van der Waals surface area contributed by atoms with Crippen LogP contribution in [-0.4, -0.2) is 24.7 Å². The highest BCUT2D eigenvalue weighted by Crippen LogP contribution is 2.41. The van der Waals surface area contributed by atoms with Crippen LogP contribution in [0.3, 0.4) is 0 Å². The van der Waals surface area contributed by atoms with Gasteiger partial charge in [0.15, 0.2) is 11.6 Å². The van der Waals surface area contributed by atoms with Crippen molar-refractivity contribution in [2.45, 2.75) is 27.7 Å². The molecule has 1 aliphatic carbocycles.